The van der Waals surface area contributed by atoms with Crippen LogP contribution in [0.4, 0.5) is 17.1 Å². The average molecular weight is 880 g/mol. The lowest BCUT2D eigenvalue weighted by molar-refractivity contribution is 0.436. The van der Waals surface area contributed by atoms with Crippen LogP contribution in [0.25, 0.3) is 66.8 Å². The number of nitrogens with zero attached hydrogens (tertiary/aromatic N) is 1. The molecule has 0 aromatic heterocycles. The van der Waals surface area contributed by atoms with Crippen LogP contribution in [0.2, 0.25) is 0 Å². The van der Waals surface area contributed by atoms with Crippen molar-refractivity contribution in [2.45, 2.75) is 5.41 Å². The summed E-state index contributed by atoms with van der Waals surface area (Å²) in [6.45, 7) is 0. The van der Waals surface area contributed by atoms with Gasteiger partial charge in [-0.05, 0) is 103 Å². The highest BCUT2D eigenvalue weighted by molar-refractivity contribution is 6.02. The van der Waals surface area contributed by atoms with Crippen LogP contribution in [0, 0.1) is 0 Å². The maximum atomic E-state index is 6.73. The standard InChI is InChI=1S/C67H45NO/c1-3-22-46(23-4-1)50-26-7-8-27-51(50)48-42-44-49(45-43-48)68(62-38-18-14-32-56(62)55-31-12-11-30-54(55)53-29-10-9-28-52(53)47-24-5-2-6-25-47)63-39-21-37-61-66(63)57-33-13-15-34-58(57)67(61)59-35-16-19-40-64(59)69-65-41-20-17-36-60(65)67/h1-45H. The Kier molecular flexibility index (Phi) is 9.77. The van der Waals surface area contributed by atoms with Crippen LogP contribution in [0.5, 0.6) is 11.5 Å². The molecule has 0 unspecified atom stereocenters. The fraction of sp³-hybridized carbons (Fsp3) is 0.0149. The van der Waals surface area contributed by atoms with Crippen LogP contribution in [0.15, 0.2) is 273 Å². The lowest BCUT2D eigenvalue weighted by Crippen LogP contribution is -2.32. The molecule has 11 aromatic rings. The Labute approximate surface area is 403 Å². The second-order valence-electron chi connectivity index (χ2n) is 17.9. The lowest BCUT2D eigenvalue weighted by Gasteiger charge is -2.39. The summed E-state index contributed by atoms with van der Waals surface area (Å²) in [4.78, 5) is 2.51. The smallest absolute Gasteiger partial charge is 0.132 e. The molecule has 0 atom stereocenters. The highest BCUT2D eigenvalue weighted by Gasteiger charge is 2.52. The van der Waals surface area contributed by atoms with E-state index < -0.39 is 5.41 Å². The second kappa shape index (κ2) is 16.7. The summed E-state index contributed by atoms with van der Waals surface area (Å²) >= 11 is 0. The van der Waals surface area contributed by atoms with E-state index in [1.54, 1.807) is 0 Å². The largest absolute Gasteiger partial charge is 0.457 e. The normalized spacial score (nSPS) is 12.6. The summed E-state index contributed by atoms with van der Waals surface area (Å²) in [7, 11) is 0. The molecule has 2 nitrogen and oxygen atoms in total. The fourth-order valence-electron chi connectivity index (χ4n) is 11.3. The summed E-state index contributed by atoms with van der Waals surface area (Å²) in [5.74, 6) is 1.76. The van der Waals surface area contributed by atoms with Crippen molar-refractivity contribution in [1.29, 1.82) is 0 Å². The number of hydrogen-bond acceptors (Lipinski definition) is 2. The number of para-hydroxylation sites is 3. The molecule has 1 heterocycles. The van der Waals surface area contributed by atoms with E-state index in [2.05, 4.69) is 278 Å². The number of ether oxygens (including phenoxy) is 1. The van der Waals surface area contributed by atoms with Crippen molar-refractivity contribution < 1.29 is 4.74 Å². The van der Waals surface area contributed by atoms with E-state index in [4.69, 9.17) is 4.74 Å². The van der Waals surface area contributed by atoms with Crippen molar-refractivity contribution in [3.63, 3.8) is 0 Å². The Balaban J connectivity index is 1.07. The summed E-state index contributed by atoms with van der Waals surface area (Å²) < 4.78 is 6.73. The lowest BCUT2D eigenvalue weighted by atomic mass is 9.66. The predicted molar refractivity (Wildman–Crippen MR) is 286 cm³/mol. The van der Waals surface area contributed by atoms with Crippen LogP contribution in [-0.2, 0) is 5.41 Å². The van der Waals surface area contributed by atoms with Crippen LogP contribution in [0.3, 0.4) is 0 Å². The van der Waals surface area contributed by atoms with Crippen molar-refractivity contribution in [3.8, 4) is 78.3 Å². The molecule has 2 aliphatic rings. The quantitative estimate of drug-likeness (QED) is 0.151. The minimum atomic E-state index is -0.614. The molecule has 0 saturated carbocycles. The number of hydrogen-bond donors (Lipinski definition) is 0. The van der Waals surface area contributed by atoms with Gasteiger partial charge in [-0.25, -0.2) is 0 Å². The molecule has 1 spiro atoms. The number of benzene rings is 11. The molecule has 324 valence electrons. The Hall–Kier alpha value is -8.98. The zero-order valence-corrected chi connectivity index (χ0v) is 37.8. The van der Waals surface area contributed by atoms with Gasteiger partial charge in [0.25, 0.3) is 0 Å². The minimum Gasteiger partial charge on any atom is -0.457 e. The molecule has 2 heteroatoms. The summed E-state index contributed by atoms with van der Waals surface area (Å²) in [6.07, 6.45) is 0. The first kappa shape index (κ1) is 40.3. The molecule has 0 N–H and O–H groups in total. The molecule has 11 aromatic carbocycles. The van der Waals surface area contributed by atoms with Gasteiger partial charge in [0.15, 0.2) is 0 Å². The Morgan fingerprint density at radius 3 is 1.20 bits per heavy atom. The molecule has 1 aliphatic carbocycles. The molecular formula is C67H45NO. The monoisotopic (exact) mass is 879 g/mol. The fourth-order valence-corrected chi connectivity index (χ4v) is 11.3. The Morgan fingerprint density at radius 1 is 0.246 bits per heavy atom. The maximum absolute atomic E-state index is 6.73. The highest BCUT2D eigenvalue weighted by Crippen LogP contribution is 2.64. The van der Waals surface area contributed by atoms with Gasteiger partial charge in [0, 0.05) is 27.9 Å². The van der Waals surface area contributed by atoms with Crippen LogP contribution in [0.1, 0.15) is 22.3 Å². The molecule has 69 heavy (non-hydrogen) atoms. The van der Waals surface area contributed by atoms with Crippen LogP contribution >= 0.6 is 0 Å². The van der Waals surface area contributed by atoms with E-state index in [0.29, 0.717) is 0 Å². The van der Waals surface area contributed by atoms with E-state index in [1.807, 2.05) is 0 Å². The predicted octanol–water partition coefficient (Wildman–Crippen LogP) is 18.0. The van der Waals surface area contributed by atoms with Crippen molar-refractivity contribution in [2.75, 3.05) is 4.90 Å². The number of fused-ring (bicyclic) bond motifs is 9. The number of anilines is 3. The maximum Gasteiger partial charge on any atom is 0.132 e. The highest BCUT2D eigenvalue weighted by atomic mass is 16.5. The molecule has 13 rings (SSSR count). The van der Waals surface area contributed by atoms with E-state index in [-0.39, 0.29) is 0 Å². The van der Waals surface area contributed by atoms with Crippen LogP contribution < -0.4 is 9.64 Å². The van der Waals surface area contributed by atoms with E-state index in [0.717, 1.165) is 56.4 Å². The summed E-state index contributed by atoms with van der Waals surface area (Å²) in [5.41, 5.74) is 21.6. The third-order valence-electron chi connectivity index (χ3n) is 14.2. The van der Waals surface area contributed by atoms with Gasteiger partial charge in [-0.2, -0.15) is 0 Å². The zero-order chi connectivity index (χ0) is 45.7. The van der Waals surface area contributed by atoms with Gasteiger partial charge in [-0.15, -0.1) is 0 Å². The molecule has 0 fully saturated rings. The first-order valence-corrected chi connectivity index (χ1v) is 23.8. The number of rotatable bonds is 8. The van der Waals surface area contributed by atoms with Crippen molar-refractivity contribution in [1.82, 2.24) is 0 Å². The van der Waals surface area contributed by atoms with Gasteiger partial charge in [-0.3, -0.25) is 0 Å². The first-order chi connectivity index (χ1) is 34.3. The van der Waals surface area contributed by atoms with Crippen molar-refractivity contribution in [3.05, 3.63) is 295 Å². The van der Waals surface area contributed by atoms with Gasteiger partial charge in [0.2, 0.25) is 0 Å². The van der Waals surface area contributed by atoms with Crippen LogP contribution in [-0.4, -0.2) is 0 Å². The van der Waals surface area contributed by atoms with Gasteiger partial charge < -0.3 is 9.64 Å². The van der Waals surface area contributed by atoms with E-state index in [9.17, 15) is 0 Å². The van der Waals surface area contributed by atoms with Gasteiger partial charge in [-0.1, -0.05) is 237 Å². The van der Waals surface area contributed by atoms with E-state index >= 15 is 0 Å². The molecular weight excluding hydrogens is 835 g/mol. The molecule has 0 radical (unpaired) electrons. The Morgan fingerprint density at radius 2 is 0.623 bits per heavy atom. The van der Waals surface area contributed by atoms with Gasteiger partial charge in [0.05, 0.1) is 16.8 Å². The van der Waals surface area contributed by atoms with Gasteiger partial charge >= 0.3 is 0 Å². The molecule has 1 aliphatic heterocycles. The van der Waals surface area contributed by atoms with Crippen molar-refractivity contribution in [2.24, 2.45) is 0 Å². The Bertz CT molecular complexity index is 3660. The minimum absolute atomic E-state index is 0.614. The molecule has 0 bridgehead atoms. The SMILES string of the molecule is c1ccc(-c2ccccc2-c2ccc(N(c3ccccc3-c3ccccc3-c3ccccc3-c3ccccc3)c3cccc4c3-c3ccccc3C43c4ccccc4Oc4ccccc43)cc2)cc1. The first-order valence-electron chi connectivity index (χ1n) is 23.8. The molecule has 0 amide bonds. The molecule has 0 saturated heterocycles. The van der Waals surface area contributed by atoms with E-state index in [1.165, 1.54) is 61.2 Å². The summed E-state index contributed by atoms with van der Waals surface area (Å²) in [6, 6.07) is 99.1. The third-order valence-corrected chi connectivity index (χ3v) is 14.2. The topological polar surface area (TPSA) is 12.5 Å². The summed E-state index contributed by atoms with van der Waals surface area (Å²) in [5, 5.41) is 0. The van der Waals surface area contributed by atoms with Gasteiger partial charge in [0.1, 0.15) is 11.5 Å². The van der Waals surface area contributed by atoms with Crippen molar-refractivity contribution >= 4 is 17.1 Å². The third kappa shape index (κ3) is 6.48. The zero-order valence-electron chi connectivity index (χ0n) is 37.8. The average Bonchev–Trinajstić information content (AvgIpc) is 3.73. The second-order valence-corrected chi connectivity index (χ2v) is 17.9.